The van der Waals surface area contributed by atoms with E-state index in [9.17, 15) is 13.2 Å². The molecular formula is C22H26N2O3S. The molecule has 28 heavy (non-hydrogen) atoms. The fraction of sp³-hybridized carbons (Fsp3) is 0.364. The van der Waals surface area contributed by atoms with Crippen molar-refractivity contribution in [3.8, 4) is 6.07 Å². The van der Waals surface area contributed by atoms with Gasteiger partial charge in [0.2, 0.25) is 5.91 Å². The van der Waals surface area contributed by atoms with Gasteiger partial charge in [-0.3, -0.25) is 4.79 Å². The van der Waals surface area contributed by atoms with E-state index < -0.39 is 21.5 Å². The van der Waals surface area contributed by atoms with E-state index in [-0.39, 0.29) is 17.2 Å². The minimum Gasteiger partial charge on any atom is -0.348 e. The summed E-state index contributed by atoms with van der Waals surface area (Å²) < 4.78 is 24.9. The number of sulfone groups is 1. The monoisotopic (exact) mass is 398 g/mol. The quantitative estimate of drug-likeness (QED) is 0.769. The van der Waals surface area contributed by atoms with E-state index >= 15 is 0 Å². The molecule has 0 saturated carbocycles. The van der Waals surface area contributed by atoms with Crippen LogP contribution in [0.2, 0.25) is 0 Å². The van der Waals surface area contributed by atoms with Crippen molar-refractivity contribution < 1.29 is 13.2 Å². The van der Waals surface area contributed by atoms with Crippen molar-refractivity contribution in [1.82, 2.24) is 5.32 Å². The van der Waals surface area contributed by atoms with E-state index in [1.807, 2.05) is 36.4 Å². The molecule has 0 aromatic heterocycles. The van der Waals surface area contributed by atoms with Crippen LogP contribution in [0.15, 0.2) is 54.6 Å². The van der Waals surface area contributed by atoms with Crippen molar-refractivity contribution in [3.05, 3.63) is 71.3 Å². The number of nitrogens with one attached hydrogen (secondary N) is 1. The van der Waals surface area contributed by atoms with Crippen LogP contribution in [0, 0.1) is 16.7 Å². The van der Waals surface area contributed by atoms with Crippen LogP contribution in [0.25, 0.3) is 0 Å². The Balaban J connectivity index is 2.07. The molecular weight excluding hydrogens is 372 g/mol. The Morgan fingerprint density at radius 1 is 1.07 bits per heavy atom. The highest BCUT2D eigenvalue weighted by Crippen LogP contribution is 2.29. The van der Waals surface area contributed by atoms with E-state index in [1.54, 1.807) is 24.3 Å². The summed E-state index contributed by atoms with van der Waals surface area (Å²) >= 11 is 0. The van der Waals surface area contributed by atoms with Gasteiger partial charge in [-0.05, 0) is 35.1 Å². The second kappa shape index (κ2) is 9.03. The highest BCUT2D eigenvalue weighted by molar-refractivity contribution is 7.91. The van der Waals surface area contributed by atoms with Gasteiger partial charge in [-0.15, -0.1) is 0 Å². The molecule has 1 N–H and O–H groups in total. The van der Waals surface area contributed by atoms with Crippen LogP contribution in [0.5, 0.6) is 0 Å². The molecule has 0 saturated heterocycles. The van der Waals surface area contributed by atoms with Gasteiger partial charge in [-0.1, -0.05) is 63.2 Å². The maximum absolute atomic E-state index is 12.5. The lowest BCUT2D eigenvalue weighted by Gasteiger charge is -2.27. The fourth-order valence-corrected chi connectivity index (χ4v) is 4.25. The molecule has 1 atom stereocenters. The fourth-order valence-electron chi connectivity index (χ4n) is 2.97. The summed E-state index contributed by atoms with van der Waals surface area (Å²) in [5, 5.41) is 11.7. The molecule has 5 nitrogen and oxygen atoms in total. The van der Waals surface area contributed by atoms with Crippen LogP contribution in [0.3, 0.4) is 0 Å². The summed E-state index contributed by atoms with van der Waals surface area (Å²) in [6.07, 6.45) is 0.693. The van der Waals surface area contributed by atoms with Gasteiger partial charge < -0.3 is 5.32 Å². The molecule has 2 rings (SSSR count). The van der Waals surface area contributed by atoms with E-state index in [1.165, 1.54) is 0 Å². The summed E-state index contributed by atoms with van der Waals surface area (Å²) in [5.74, 6) is -1.31. The lowest BCUT2D eigenvalue weighted by atomic mass is 9.85. The number of nitriles is 1. The van der Waals surface area contributed by atoms with Crippen LogP contribution in [0.4, 0.5) is 0 Å². The summed E-state index contributed by atoms with van der Waals surface area (Å²) in [5.41, 5.74) is 1.94. The zero-order chi connectivity index (χ0) is 20.8. The molecule has 0 bridgehead atoms. The van der Waals surface area contributed by atoms with Crippen LogP contribution in [-0.2, 0) is 20.4 Å². The third-order valence-corrected chi connectivity index (χ3v) is 5.65. The largest absolute Gasteiger partial charge is 0.348 e. The minimum absolute atomic E-state index is 0.0326. The predicted octanol–water partition coefficient (Wildman–Crippen LogP) is 3.77. The van der Waals surface area contributed by atoms with Crippen LogP contribution in [0.1, 0.15) is 49.9 Å². The van der Waals surface area contributed by atoms with Crippen molar-refractivity contribution in [2.45, 2.75) is 39.0 Å². The van der Waals surface area contributed by atoms with Crippen molar-refractivity contribution in [3.63, 3.8) is 0 Å². The molecule has 0 aliphatic heterocycles. The molecule has 0 aliphatic carbocycles. The zero-order valence-corrected chi connectivity index (χ0v) is 17.3. The minimum atomic E-state index is -3.62. The van der Waals surface area contributed by atoms with Gasteiger partial charge >= 0.3 is 0 Å². The highest BCUT2D eigenvalue weighted by atomic mass is 32.2. The Morgan fingerprint density at radius 2 is 1.68 bits per heavy atom. The molecule has 0 radical (unpaired) electrons. The number of hydrogen-bond acceptors (Lipinski definition) is 4. The van der Waals surface area contributed by atoms with Crippen LogP contribution in [-0.4, -0.2) is 20.1 Å². The number of nitrogens with zero attached hydrogens (tertiary/aromatic N) is 1. The lowest BCUT2D eigenvalue weighted by molar-refractivity contribution is -0.119. The maximum atomic E-state index is 12.5. The second-order valence-electron chi connectivity index (χ2n) is 8.14. The zero-order valence-electron chi connectivity index (χ0n) is 16.5. The van der Waals surface area contributed by atoms with Crippen molar-refractivity contribution in [1.29, 1.82) is 5.26 Å². The molecule has 2 aromatic rings. The third kappa shape index (κ3) is 7.16. The van der Waals surface area contributed by atoms with Gasteiger partial charge in [-0.2, -0.15) is 5.26 Å². The number of rotatable bonds is 7. The summed E-state index contributed by atoms with van der Waals surface area (Å²) in [4.78, 5) is 12.5. The molecule has 148 valence electrons. The number of hydrogen-bond donors (Lipinski definition) is 1. The Kier molecular flexibility index (Phi) is 6.98. The van der Waals surface area contributed by atoms with Crippen LogP contribution < -0.4 is 5.32 Å². The van der Waals surface area contributed by atoms with Crippen LogP contribution >= 0.6 is 0 Å². The normalized spacial score (nSPS) is 12.8. The third-order valence-electron chi connectivity index (χ3n) is 4.17. The topological polar surface area (TPSA) is 87.0 Å². The first-order chi connectivity index (χ1) is 13.1. The average Bonchev–Trinajstić information content (AvgIpc) is 2.60. The van der Waals surface area contributed by atoms with E-state index in [0.29, 0.717) is 17.5 Å². The first-order valence-electron chi connectivity index (χ1n) is 9.12. The Labute approximate surface area is 167 Å². The molecule has 0 spiro atoms. The van der Waals surface area contributed by atoms with Gasteiger partial charge in [-0.25, -0.2) is 8.42 Å². The SMILES string of the molecule is CC(C)(C)C[C@H](NC(=O)CS(=O)(=O)Cc1ccc(C#N)cc1)c1ccccc1. The van der Waals surface area contributed by atoms with Gasteiger partial charge in [0.05, 0.1) is 23.4 Å². The van der Waals surface area contributed by atoms with Crippen molar-refractivity contribution >= 4 is 15.7 Å². The molecule has 0 unspecified atom stereocenters. The molecule has 0 heterocycles. The first-order valence-corrected chi connectivity index (χ1v) is 10.9. The molecule has 0 aliphatic rings. The van der Waals surface area contributed by atoms with Gasteiger partial charge in [0.25, 0.3) is 0 Å². The van der Waals surface area contributed by atoms with E-state index in [4.69, 9.17) is 5.26 Å². The van der Waals surface area contributed by atoms with E-state index in [2.05, 4.69) is 26.1 Å². The van der Waals surface area contributed by atoms with Crippen molar-refractivity contribution in [2.75, 3.05) is 5.75 Å². The van der Waals surface area contributed by atoms with Gasteiger partial charge in [0, 0.05) is 0 Å². The number of benzene rings is 2. The first kappa shape index (κ1) is 21.6. The van der Waals surface area contributed by atoms with Gasteiger partial charge in [0.1, 0.15) is 5.75 Å². The lowest BCUT2D eigenvalue weighted by Crippen LogP contribution is -2.35. The van der Waals surface area contributed by atoms with Crippen molar-refractivity contribution in [2.24, 2.45) is 5.41 Å². The molecule has 0 fully saturated rings. The second-order valence-corrected chi connectivity index (χ2v) is 10.2. The Morgan fingerprint density at radius 3 is 2.21 bits per heavy atom. The smallest absolute Gasteiger partial charge is 0.235 e. The average molecular weight is 399 g/mol. The highest BCUT2D eigenvalue weighted by Gasteiger charge is 2.24. The number of amides is 1. The van der Waals surface area contributed by atoms with Gasteiger partial charge in [0.15, 0.2) is 9.84 Å². The standard InChI is InChI=1S/C22H26N2O3S/c1-22(2,3)13-20(19-7-5-4-6-8-19)24-21(25)16-28(26,27)15-18-11-9-17(14-23)10-12-18/h4-12,20H,13,15-16H2,1-3H3,(H,24,25)/t20-/m0/s1. The number of carbonyl (C=O) groups is 1. The Bertz CT molecular complexity index is 938. The molecule has 2 aromatic carbocycles. The Hall–Kier alpha value is -2.65. The number of carbonyl (C=O) groups excluding carboxylic acids is 1. The summed E-state index contributed by atoms with van der Waals surface area (Å²) in [6.45, 7) is 6.24. The molecule has 6 heteroatoms. The maximum Gasteiger partial charge on any atom is 0.235 e. The molecule has 1 amide bonds. The summed E-state index contributed by atoms with van der Waals surface area (Å²) in [7, 11) is -3.62. The predicted molar refractivity (Wildman–Crippen MR) is 110 cm³/mol. The van der Waals surface area contributed by atoms with E-state index in [0.717, 1.165) is 5.56 Å². The summed E-state index contributed by atoms with van der Waals surface area (Å²) in [6, 6.07) is 17.6.